The Bertz CT molecular complexity index is 1730. The van der Waals surface area contributed by atoms with Crippen LogP contribution in [0.4, 0.5) is 0 Å². The Morgan fingerprint density at radius 1 is 0.547 bits per heavy atom. The van der Waals surface area contributed by atoms with Crippen LogP contribution in [0.5, 0.6) is 0 Å². The molecule has 0 bridgehead atoms. The van der Waals surface area contributed by atoms with Crippen molar-refractivity contribution in [1.82, 2.24) is 41.7 Å². The summed E-state index contributed by atoms with van der Waals surface area (Å²) in [6, 6.07) is 2.29. The highest BCUT2D eigenvalue weighted by atomic mass is 32.2. The number of likely N-dealkylation sites (tertiary alicyclic amines) is 1. The van der Waals surface area contributed by atoms with Gasteiger partial charge in [0.05, 0.1) is 17.3 Å². The van der Waals surface area contributed by atoms with Crippen molar-refractivity contribution in [2.75, 3.05) is 131 Å². The molecule has 5 aliphatic rings. The fourth-order valence-corrected chi connectivity index (χ4v) is 12.8. The minimum Gasteiger partial charge on any atom is -0.340 e. The van der Waals surface area contributed by atoms with Crippen LogP contribution in [0.3, 0.4) is 0 Å². The third kappa shape index (κ3) is 21.1. The van der Waals surface area contributed by atoms with Gasteiger partial charge in [-0.1, -0.05) is 6.92 Å². The summed E-state index contributed by atoms with van der Waals surface area (Å²) in [5.41, 5.74) is 0. The highest BCUT2D eigenvalue weighted by Gasteiger charge is 2.31. The van der Waals surface area contributed by atoms with Crippen molar-refractivity contribution in [3.05, 3.63) is 0 Å². The molecule has 0 aromatic heterocycles. The van der Waals surface area contributed by atoms with Gasteiger partial charge in [-0.25, -0.2) is 25.3 Å². The van der Waals surface area contributed by atoms with Crippen LogP contribution >= 0.6 is 0 Å². The summed E-state index contributed by atoms with van der Waals surface area (Å²) in [5, 5.41) is -0.0949. The number of piperazine rings is 3. The summed E-state index contributed by atoms with van der Waals surface area (Å²) >= 11 is 0. The fourth-order valence-electron chi connectivity index (χ4n) is 8.00. The van der Waals surface area contributed by atoms with Crippen LogP contribution in [0.1, 0.15) is 102 Å². The standard InChI is InChI=1S/C10H20N2O.C9H21N3O2S.C9H19NO2S.C8H18N2O2S.C6H13NO2S/c1-4-10(13)12-7-5-11(6-8-12)9(2)3;1-9(2)11-5-7-12(8-6-11)15(13,14)10(3)4;1-8(2)10-6-4-9(5-7-10)13(3,11)12;1-8(2)9-4-6-10(7-5-9)13(3,11)12;1-6(2)7-4-3-5-10(7,8)9/h9H,4-8H2,1-3H3;9H,5-8H2,1-4H3;8-9H,4-7H2,1-3H3;8H,4-7H2,1-3H3;6H,3-5H2,1-2H3. The zero-order valence-corrected chi connectivity index (χ0v) is 45.7. The van der Waals surface area contributed by atoms with Crippen molar-refractivity contribution in [2.24, 2.45) is 0 Å². The Kier molecular flexibility index (Phi) is 26.5. The number of sulfonamides is 2. The van der Waals surface area contributed by atoms with Gasteiger partial charge in [-0.3, -0.25) is 19.5 Å². The summed E-state index contributed by atoms with van der Waals surface area (Å²) in [7, 11) is -8.68. The van der Waals surface area contributed by atoms with Crippen molar-refractivity contribution in [3.63, 3.8) is 0 Å². The maximum absolute atomic E-state index is 11.8. The molecule has 0 atom stereocenters. The number of rotatable bonds is 10. The molecule has 18 nitrogen and oxygen atoms in total. The van der Waals surface area contributed by atoms with Gasteiger partial charge in [-0.2, -0.15) is 25.6 Å². The van der Waals surface area contributed by atoms with Gasteiger partial charge in [0.1, 0.15) is 9.84 Å². The monoisotopic (exact) mass is 994 g/mol. The van der Waals surface area contributed by atoms with Crippen molar-refractivity contribution < 1.29 is 38.5 Å². The van der Waals surface area contributed by atoms with Gasteiger partial charge in [0.2, 0.25) is 26.0 Å². The molecule has 0 radical (unpaired) electrons. The van der Waals surface area contributed by atoms with E-state index in [0.717, 1.165) is 84.7 Å². The number of nitrogens with zero attached hydrogens (tertiary/aromatic N) is 9. The lowest BCUT2D eigenvalue weighted by Crippen LogP contribution is -2.53. The Morgan fingerprint density at radius 3 is 1.17 bits per heavy atom. The normalized spacial score (nSPS) is 22.2. The summed E-state index contributed by atoms with van der Waals surface area (Å²) in [6.07, 6.45) is 5.66. The number of carbonyl (C=O) groups excluding carboxylic acids is 1. The molecule has 5 heterocycles. The molecular weight excluding hydrogens is 903 g/mol. The lowest BCUT2D eigenvalue weighted by molar-refractivity contribution is -0.132. The molecule has 0 aromatic carbocycles. The highest BCUT2D eigenvalue weighted by molar-refractivity contribution is 7.91. The zero-order chi connectivity index (χ0) is 49.4. The van der Waals surface area contributed by atoms with Crippen LogP contribution in [0.2, 0.25) is 0 Å². The van der Waals surface area contributed by atoms with Gasteiger partial charge in [-0.05, 0) is 102 Å². The molecule has 64 heavy (non-hydrogen) atoms. The zero-order valence-electron chi connectivity index (χ0n) is 42.4. The smallest absolute Gasteiger partial charge is 0.281 e. The largest absolute Gasteiger partial charge is 0.340 e. The first-order valence-electron chi connectivity index (χ1n) is 23.4. The third-order valence-electron chi connectivity index (χ3n) is 12.5. The van der Waals surface area contributed by atoms with E-state index in [0.29, 0.717) is 75.0 Å². The van der Waals surface area contributed by atoms with Gasteiger partial charge < -0.3 is 9.80 Å². The quantitative estimate of drug-likeness (QED) is 0.311. The van der Waals surface area contributed by atoms with Crippen LogP contribution in [-0.4, -0.2) is 247 Å². The predicted molar refractivity (Wildman–Crippen MR) is 262 cm³/mol. The summed E-state index contributed by atoms with van der Waals surface area (Å²) in [6.45, 7) is 35.3. The molecule has 382 valence electrons. The van der Waals surface area contributed by atoms with Crippen molar-refractivity contribution in [2.45, 2.75) is 137 Å². The number of hydrogen-bond donors (Lipinski definition) is 0. The second-order valence-corrected chi connectivity index (χ2v) is 27.5. The Balaban J connectivity index is 0.000000402. The molecule has 1 amide bonds. The Hall–Kier alpha value is -1.05. The predicted octanol–water partition coefficient (Wildman–Crippen LogP) is 2.07. The average Bonchev–Trinajstić information content (AvgIpc) is 3.59. The maximum atomic E-state index is 11.8. The second kappa shape index (κ2) is 27.8. The summed E-state index contributed by atoms with van der Waals surface area (Å²) in [4.78, 5) is 22.7. The molecule has 5 fully saturated rings. The van der Waals surface area contributed by atoms with Gasteiger partial charge >= 0.3 is 0 Å². The van der Waals surface area contributed by atoms with Crippen LogP contribution < -0.4 is 0 Å². The van der Waals surface area contributed by atoms with Gasteiger partial charge in [0.25, 0.3) is 10.2 Å². The van der Waals surface area contributed by atoms with Crippen molar-refractivity contribution in [1.29, 1.82) is 0 Å². The van der Waals surface area contributed by atoms with Crippen molar-refractivity contribution >= 4 is 46.0 Å². The summed E-state index contributed by atoms with van der Waals surface area (Å²) in [5.74, 6) is 0.633. The fraction of sp³-hybridized carbons (Fsp3) is 0.976. The van der Waals surface area contributed by atoms with E-state index < -0.39 is 40.1 Å². The number of piperidine rings is 1. The lowest BCUT2D eigenvalue weighted by atomic mass is 10.1. The Labute approximate surface area is 392 Å². The minimum absolute atomic E-state index is 0.0949. The SMILES string of the molecule is CC(C)N1CCC(S(C)(=O)=O)CC1.CC(C)N1CCCS1(=O)=O.CC(C)N1CCN(S(=O)(=O)N(C)C)CC1.CC(C)N1CCN(S(C)(=O)=O)CC1.CCC(=O)N1CCN(C(C)C)CC1. The maximum Gasteiger partial charge on any atom is 0.281 e. The highest BCUT2D eigenvalue weighted by Crippen LogP contribution is 2.19. The molecule has 0 unspecified atom stereocenters. The molecule has 0 N–H and O–H groups in total. The number of sulfone groups is 1. The van der Waals surface area contributed by atoms with Crippen LogP contribution in [0.25, 0.3) is 0 Å². The molecule has 5 saturated heterocycles. The first kappa shape index (κ1) is 61.0. The topological polar surface area (TPSA) is 183 Å². The van der Waals surface area contributed by atoms with Crippen LogP contribution in [0.15, 0.2) is 0 Å². The van der Waals surface area contributed by atoms with E-state index in [1.54, 1.807) is 27.0 Å². The van der Waals surface area contributed by atoms with E-state index in [-0.39, 0.29) is 11.3 Å². The molecule has 0 aromatic rings. The average molecular weight is 995 g/mol. The lowest BCUT2D eigenvalue weighted by Gasteiger charge is -2.37. The van der Waals surface area contributed by atoms with E-state index in [9.17, 15) is 38.5 Å². The first-order valence-corrected chi connectivity index (χ1v) is 30.2. The molecule has 5 aliphatic heterocycles. The molecule has 0 spiro atoms. The number of amides is 1. The summed E-state index contributed by atoms with van der Waals surface area (Å²) < 4.78 is 96.6. The molecule has 0 aliphatic carbocycles. The first-order chi connectivity index (χ1) is 29.4. The van der Waals surface area contributed by atoms with E-state index in [2.05, 4.69) is 75.0 Å². The van der Waals surface area contributed by atoms with E-state index in [4.69, 9.17) is 0 Å². The molecule has 22 heteroatoms. The van der Waals surface area contributed by atoms with Gasteiger partial charge in [0, 0.05) is 142 Å². The van der Waals surface area contributed by atoms with E-state index >= 15 is 0 Å². The van der Waals surface area contributed by atoms with Gasteiger partial charge in [-0.15, -0.1) is 0 Å². The molecular formula is C42H91N9O9S4. The van der Waals surface area contributed by atoms with Crippen LogP contribution in [0, 0.1) is 0 Å². The third-order valence-corrected chi connectivity index (χ3v) is 19.5. The van der Waals surface area contributed by atoms with Crippen LogP contribution in [-0.2, 0) is 44.9 Å². The Morgan fingerprint density at radius 2 is 0.906 bits per heavy atom. The minimum atomic E-state index is -3.21. The second-order valence-electron chi connectivity index (χ2n) is 19.0. The number of carbonyl (C=O) groups is 1. The number of hydrogen-bond acceptors (Lipinski definition) is 13. The van der Waals surface area contributed by atoms with E-state index in [1.165, 1.54) is 16.8 Å². The molecule has 0 saturated carbocycles. The van der Waals surface area contributed by atoms with E-state index in [1.807, 2.05) is 25.7 Å². The van der Waals surface area contributed by atoms with Gasteiger partial charge in [0.15, 0.2) is 0 Å². The van der Waals surface area contributed by atoms with Crippen molar-refractivity contribution in [3.8, 4) is 0 Å². The molecule has 5 rings (SSSR count).